The Balaban J connectivity index is 1.01. The van der Waals surface area contributed by atoms with Gasteiger partial charge in [-0.3, -0.25) is 0 Å². The highest BCUT2D eigenvalue weighted by atomic mass is 32.1. The summed E-state index contributed by atoms with van der Waals surface area (Å²) in [7, 11) is 0. The van der Waals surface area contributed by atoms with Gasteiger partial charge in [0.25, 0.3) is 0 Å². The van der Waals surface area contributed by atoms with E-state index in [-0.39, 0.29) is 0 Å². The summed E-state index contributed by atoms with van der Waals surface area (Å²) >= 11 is 1.86. The van der Waals surface area contributed by atoms with Gasteiger partial charge in [-0.1, -0.05) is 164 Å². The predicted molar refractivity (Wildman–Crippen MR) is 262 cm³/mol. The van der Waals surface area contributed by atoms with Crippen LogP contribution in [0.5, 0.6) is 0 Å². The molecule has 3 heteroatoms. The van der Waals surface area contributed by atoms with E-state index < -0.39 is 0 Å². The summed E-state index contributed by atoms with van der Waals surface area (Å²) in [6.07, 6.45) is 0. The van der Waals surface area contributed by atoms with Gasteiger partial charge in [-0.15, -0.1) is 11.3 Å². The Hall–Kier alpha value is -7.72. The zero-order chi connectivity index (χ0) is 40.3. The van der Waals surface area contributed by atoms with Crippen molar-refractivity contribution in [1.29, 1.82) is 0 Å². The number of benzene rings is 10. The predicted octanol–water partition coefficient (Wildman–Crippen LogP) is 16.8. The fraction of sp³-hybridized carbons (Fsp3) is 0. The van der Waals surface area contributed by atoms with Crippen LogP contribution in [0.4, 0.5) is 17.1 Å². The molecule has 2 aromatic heterocycles. The Labute approximate surface area is 358 Å². The van der Waals surface area contributed by atoms with Crippen LogP contribution in [0.1, 0.15) is 0 Å². The van der Waals surface area contributed by atoms with Gasteiger partial charge in [0.2, 0.25) is 0 Å². The molecule has 286 valence electrons. The number of hydrogen-bond acceptors (Lipinski definition) is 2. The van der Waals surface area contributed by atoms with Crippen molar-refractivity contribution in [3.8, 4) is 39.1 Å². The summed E-state index contributed by atoms with van der Waals surface area (Å²) < 4.78 is 5.01. The third-order valence-electron chi connectivity index (χ3n) is 12.2. The number of hydrogen-bond donors (Lipinski definition) is 0. The summed E-state index contributed by atoms with van der Waals surface area (Å²) in [6, 6.07) is 84.2. The molecule has 0 radical (unpaired) electrons. The highest BCUT2D eigenvalue weighted by Gasteiger charge is 2.20. The molecule has 0 amide bonds. The lowest BCUT2D eigenvalue weighted by Gasteiger charge is -2.28. The molecule has 0 fully saturated rings. The molecule has 12 rings (SSSR count). The maximum absolute atomic E-state index is 2.43. The molecule has 0 saturated carbocycles. The first-order chi connectivity index (χ1) is 30.2. The monoisotopic (exact) mass is 794 g/mol. The van der Waals surface area contributed by atoms with E-state index in [2.05, 4.69) is 240 Å². The highest BCUT2D eigenvalue weighted by Crippen LogP contribution is 2.44. The first-order valence-corrected chi connectivity index (χ1v) is 21.6. The number of rotatable bonds is 7. The molecular formula is C58H38N2S. The Bertz CT molecular complexity index is 3550. The lowest BCUT2D eigenvalue weighted by atomic mass is 9.95. The van der Waals surface area contributed by atoms with Gasteiger partial charge in [0.1, 0.15) is 0 Å². The van der Waals surface area contributed by atoms with E-state index in [0.717, 1.165) is 22.7 Å². The van der Waals surface area contributed by atoms with E-state index in [1.807, 2.05) is 11.3 Å². The Morgan fingerprint density at radius 3 is 1.75 bits per heavy atom. The van der Waals surface area contributed by atoms with Gasteiger partial charge in [-0.25, -0.2) is 0 Å². The number of nitrogens with zero attached hydrogens (tertiary/aromatic N) is 2. The first kappa shape index (κ1) is 35.2. The minimum absolute atomic E-state index is 1.08. The average molecular weight is 795 g/mol. The molecule has 0 spiro atoms. The van der Waals surface area contributed by atoms with Crippen LogP contribution >= 0.6 is 11.3 Å². The second kappa shape index (κ2) is 14.5. The zero-order valence-electron chi connectivity index (χ0n) is 33.2. The average Bonchev–Trinajstić information content (AvgIpc) is 3.87. The third kappa shape index (κ3) is 6.01. The Kier molecular flexibility index (Phi) is 8.39. The molecule has 0 bridgehead atoms. The summed E-state index contributed by atoms with van der Waals surface area (Å²) in [5.74, 6) is 0. The SMILES string of the molecule is c1cc(-c2ccc(N(c3cccc(-n4c5ccccc5c5ccccc54)c3)c3ccccc3-c3ccc4c(c3)sc3ccccc34)cc2)cc(-c2cccc3ccccc23)c1. The van der Waals surface area contributed by atoms with Crippen LogP contribution in [-0.2, 0) is 0 Å². The maximum atomic E-state index is 2.43. The van der Waals surface area contributed by atoms with E-state index in [9.17, 15) is 0 Å². The molecule has 0 unspecified atom stereocenters. The van der Waals surface area contributed by atoms with Gasteiger partial charge in [-0.2, -0.15) is 0 Å². The first-order valence-electron chi connectivity index (χ1n) is 20.8. The number of thiophene rings is 1. The van der Waals surface area contributed by atoms with E-state index in [0.29, 0.717) is 0 Å². The molecular weight excluding hydrogens is 757 g/mol. The lowest BCUT2D eigenvalue weighted by Crippen LogP contribution is -2.11. The molecule has 0 atom stereocenters. The third-order valence-corrected chi connectivity index (χ3v) is 13.3. The van der Waals surface area contributed by atoms with Gasteiger partial charge >= 0.3 is 0 Å². The van der Waals surface area contributed by atoms with E-state index >= 15 is 0 Å². The van der Waals surface area contributed by atoms with E-state index in [1.54, 1.807) is 0 Å². The summed E-state index contributed by atoms with van der Waals surface area (Å²) in [6.45, 7) is 0. The normalized spacial score (nSPS) is 11.6. The molecule has 0 saturated heterocycles. The zero-order valence-corrected chi connectivity index (χ0v) is 34.1. The lowest BCUT2D eigenvalue weighted by molar-refractivity contribution is 1.17. The number of aromatic nitrogens is 1. The van der Waals surface area contributed by atoms with Crippen LogP contribution in [0.2, 0.25) is 0 Å². The minimum atomic E-state index is 1.08. The van der Waals surface area contributed by atoms with Crippen molar-refractivity contribution in [2.45, 2.75) is 0 Å². The van der Waals surface area contributed by atoms with Crippen molar-refractivity contribution in [3.63, 3.8) is 0 Å². The molecule has 2 nitrogen and oxygen atoms in total. The van der Waals surface area contributed by atoms with Crippen molar-refractivity contribution in [3.05, 3.63) is 231 Å². The molecule has 61 heavy (non-hydrogen) atoms. The highest BCUT2D eigenvalue weighted by molar-refractivity contribution is 7.25. The summed E-state index contributed by atoms with van der Waals surface area (Å²) in [5.41, 5.74) is 14.0. The van der Waals surface area contributed by atoms with Crippen molar-refractivity contribution in [2.75, 3.05) is 4.90 Å². The van der Waals surface area contributed by atoms with E-state index in [4.69, 9.17) is 0 Å². The summed E-state index contributed by atoms with van der Waals surface area (Å²) in [5, 5.41) is 7.64. The molecule has 0 N–H and O–H groups in total. The largest absolute Gasteiger partial charge is 0.310 e. The fourth-order valence-electron chi connectivity index (χ4n) is 9.35. The van der Waals surface area contributed by atoms with Gasteiger partial charge < -0.3 is 9.47 Å². The topological polar surface area (TPSA) is 8.17 Å². The van der Waals surface area contributed by atoms with Crippen molar-refractivity contribution in [2.24, 2.45) is 0 Å². The summed E-state index contributed by atoms with van der Waals surface area (Å²) in [4.78, 5) is 2.43. The number of fused-ring (bicyclic) bond motifs is 7. The van der Waals surface area contributed by atoms with Crippen LogP contribution < -0.4 is 4.90 Å². The van der Waals surface area contributed by atoms with Crippen LogP contribution in [-0.4, -0.2) is 4.57 Å². The van der Waals surface area contributed by atoms with E-state index in [1.165, 1.54) is 86.1 Å². The van der Waals surface area contributed by atoms with Crippen molar-refractivity contribution < 1.29 is 0 Å². The fourth-order valence-corrected chi connectivity index (χ4v) is 10.5. The molecule has 0 aliphatic heterocycles. The van der Waals surface area contributed by atoms with Crippen molar-refractivity contribution >= 4 is 81.1 Å². The quantitative estimate of drug-likeness (QED) is 0.156. The minimum Gasteiger partial charge on any atom is -0.310 e. The van der Waals surface area contributed by atoms with Crippen LogP contribution in [0, 0.1) is 0 Å². The van der Waals surface area contributed by atoms with Gasteiger partial charge in [0.05, 0.1) is 16.7 Å². The van der Waals surface area contributed by atoms with Gasteiger partial charge in [0.15, 0.2) is 0 Å². The second-order valence-electron chi connectivity index (χ2n) is 15.7. The molecule has 10 aromatic carbocycles. The van der Waals surface area contributed by atoms with Crippen LogP contribution in [0.25, 0.3) is 91.8 Å². The number of para-hydroxylation sites is 3. The molecule has 2 heterocycles. The second-order valence-corrected chi connectivity index (χ2v) is 16.8. The van der Waals surface area contributed by atoms with Gasteiger partial charge in [0, 0.05) is 53.6 Å². The maximum Gasteiger partial charge on any atom is 0.0541 e. The molecule has 12 aromatic rings. The number of anilines is 3. The van der Waals surface area contributed by atoms with Crippen LogP contribution in [0.3, 0.4) is 0 Å². The Morgan fingerprint density at radius 1 is 0.328 bits per heavy atom. The van der Waals surface area contributed by atoms with Crippen LogP contribution in [0.15, 0.2) is 231 Å². The molecule has 0 aliphatic carbocycles. The standard InChI is InChI=1S/C58H38N2S/c1-2-20-47-40(14-1)15-12-25-48(47)42-17-11-16-41(36-42)39-30-33-44(34-31-39)59(45-18-13-19-46(38-45)60-55-27-8-4-22-50(55)51-23-5-9-28-56(51)60)54-26-7-3-21-49(54)43-32-35-53-52-24-6-10-29-57(52)61-58(53)37-43/h1-38H. The van der Waals surface area contributed by atoms with Gasteiger partial charge in [-0.05, 0) is 105 Å². The Morgan fingerprint density at radius 2 is 0.918 bits per heavy atom. The smallest absolute Gasteiger partial charge is 0.0541 e. The van der Waals surface area contributed by atoms with Crippen molar-refractivity contribution in [1.82, 2.24) is 4.57 Å². The molecule has 0 aliphatic rings.